The first kappa shape index (κ1) is 20.3. The highest BCUT2D eigenvalue weighted by Gasteiger charge is 2.24. The normalized spacial score (nSPS) is 18.0. The first-order chi connectivity index (χ1) is 13.3. The Bertz CT molecular complexity index is 932. The van der Waals surface area contributed by atoms with Crippen molar-refractivity contribution < 1.29 is 13.3 Å². The molecule has 3 rings (SSSR count). The van der Waals surface area contributed by atoms with Crippen LogP contribution in [0.2, 0.25) is 0 Å². The molecule has 1 heterocycles. The van der Waals surface area contributed by atoms with Gasteiger partial charge < -0.3 is 5.32 Å². The maximum atomic E-state index is 12.1. The highest BCUT2D eigenvalue weighted by molar-refractivity contribution is 7.90. The fourth-order valence-electron chi connectivity index (χ4n) is 3.62. The molecule has 150 valence electrons. The number of non-ortho nitro benzene ring substituents is 1. The van der Waals surface area contributed by atoms with E-state index < -0.39 is 14.8 Å². The summed E-state index contributed by atoms with van der Waals surface area (Å²) in [6.45, 7) is 2.44. The molecule has 1 atom stereocenters. The molecule has 1 aliphatic heterocycles. The van der Waals surface area contributed by atoms with E-state index in [0.29, 0.717) is 12.2 Å². The van der Waals surface area contributed by atoms with Crippen LogP contribution in [0.5, 0.6) is 0 Å². The summed E-state index contributed by atoms with van der Waals surface area (Å²) in [6, 6.07) is 14.5. The molecule has 0 amide bonds. The van der Waals surface area contributed by atoms with Gasteiger partial charge in [-0.15, -0.1) is 0 Å². The lowest BCUT2D eigenvalue weighted by Crippen LogP contribution is -2.43. The van der Waals surface area contributed by atoms with Gasteiger partial charge in [-0.2, -0.15) is 0 Å². The molecule has 7 nitrogen and oxygen atoms in total. The van der Waals surface area contributed by atoms with Gasteiger partial charge in [0, 0.05) is 37.5 Å². The van der Waals surface area contributed by atoms with Crippen LogP contribution in [0.3, 0.4) is 0 Å². The van der Waals surface area contributed by atoms with Crippen LogP contribution in [0.25, 0.3) is 0 Å². The van der Waals surface area contributed by atoms with E-state index >= 15 is 0 Å². The van der Waals surface area contributed by atoms with Crippen LogP contribution in [-0.4, -0.2) is 43.6 Å². The second-order valence-corrected chi connectivity index (χ2v) is 9.18. The summed E-state index contributed by atoms with van der Waals surface area (Å²) in [4.78, 5) is 12.8. The SMILES string of the molecule is CS(=O)(=O)c1cc([N+](=O)[O-])ccc1NCC1CCCCN1Cc1ccccc1. The molecule has 0 saturated carbocycles. The molecule has 1 unspecified atom stereocenters. The molecule has 28 heavy (non-hydrogen) atoms. The summed E-state index contributed by atoms with van der Waals surface area (Å²) in [6.07, 6.45) is 4.38. The van der Waals surface area contributed by atoms with Gasteiger partial charge in [0.05, 0.1) is 15.5 Å². The summed E-state index contributed by atoms with van der Waals surface area (Å²) in [5.41, 5.74) is 1.44. The van der Waals surface area contributed by atoms with Crippen LogP contribution in [0.1, 0.15) is 24.8 Å². The minimum absolute atomic E-state index is 0.0351. The predicted octanol–water partition coefficient (Wildman–Crippen LogP) is 3.46. The Morgan fingerprint density at radius 3 is 2.61 bits per heavy atom. The quantitative estimate of drug-likeness (QED) is 0.562. The number of nitro benzene ring substituents is 1. The number of hydrogen-bond donors (Lipinski definition) is 1. The van der Waals surface area contributed by atoms with Crippen molar-refractivity contribution >= 4 is 21.2 Å². The maximum Gasteiger partial charge on any atom is 0.270 e. The van der Waals surface area contributed by atoms with Gasteiger partial charge in [0.25, 0.3) is 5.69 Å². The van der Waals surface area contributed by atoms with Crippen molar-refractivity contribution in [3.05, 3.63) is 64.2 Å². The Kier molecular flexibility index (Phi) is 6.31. The molecule has 1 fully saturated rings. The molecule has 8 heteroatoms. The van der Waals surface area contributed by atoms with E-state index in [0.717, 1.165) is 44.7 Å². The van der Waals surface area contributed by atoms with Gasteiger partial charge >= 0.3 is 0 Å². The van der Waals surface area contributed by atoms with E-state index in [1.807, 2.05) is 18.2 Å². The Morgan fingerprint density at radius 2 is 1.93 bits per heavy atom. The van der Waals surface area contributed by atoms with Crippen molar-refractivity contribution in [3.8, 4) is 0 Å². The first-order valence-corrected chi connectivity index (χ1v) is 11.2. The number of nitrogens with zero attached hydrogens (tertiary/aromatic N) is 2. The molecule has 2 aromatic carbocycles. The van der Waals surface area contributed by atoms with Crippen LogP contribution >= 0.6 is 0 Å². The zero-order chi connectivity index (χ0) is 20.1. The fourth-order valence-corrected chi connectivity index (χ4v) is 4.50. The van der Waals surface area contributed by atoms with Crippen LogP contribution in [0.4, 0.5) is 11.4 Å². The van der Waals surface area contributed by atoms with E-state index in [2.05, 4.69) is 22.3 Å². The lowest BCUT2D eigenvalue weighted by atomic mass is 10.0. The third-order valence-electron chi connectivity index (χ3n) is 5.08. The number of anilines is 1. The Morgan fingerprint density at radius 1 is 1.18 bits per heavy atom. The van der Waals surface area contributed by atoms with E-state index in [1.165, 1.54) is 17.7 Å². The van der Waals surface area contributed by atoms with Gasteiger partial charge in [0.2, 0.25) is 0 Å². The molecule has 1 N–H and O–H groups in total. The average Bonchev–Trinajstić information content (AvgIpc) is 2.67. The highest BCUT2D eigenvalue weighted by atomic mass is 32.2. The Balaban J connectivity index is 1.75. The summed E-state index contributed by atoms with van der Waals surface area (Å²) in [5, 5.41) is 14.2. The van der Waals surface area contributed by atoms with Gasteiger partial charge in [-0.1, -0.05) is 36.8 Å². The maximum absolute atomic E-state index is 12.1. The van der Waals surface area contributed by atoms with Crippen molar-refractivity contribution in [1.29, 1.82) is 0 Å². The predicted molar refractivity (Wildman–Crippen MR) is 109 cm³/mol. The lowest BCUT2D eigenvalue weighted by molar-refractivity contribution is -0.385. The van der Waals surface area contributed by atoms with Crippen LogP contribution in [-0.2, 0) is 16.4 Å². The monoisotopic (exact) mass is 403 g/mol. The average molecular weight is 404 g/mol. The van der Waals surface area contributed by atoms with Crippen molar-refractivity contribution in [2.24, 2.45) is 0 Å². The summed E-state index contributed by atoms with van der Waals surface area (Å²) < 4.78 is 24.2. The number of rotatable bonds is 7. The Hall–Kier alpha value is -2.45. The van der Waals surface area contributed by atoms with E-state index in [9.17, 15) is 18.5 Å². The van der Waals surface area contributed by atoms with E-state index in [4.69, 9.17) is 0 Å². The van der Waals surface area contributed by atoms with Gasteiger partial charge in [-0.05, 0) is 31.0 Å². The number of benzene rings is 2. The summed E-state index contributed by atoms with van der Waals surface area (Å²) in [7, 11) is -3.59. The fraction of sp³-hybridized carbons (Fsp3) is 0.400. The number of nitro groups is 1. The zero-order valence-electron chi connectivity index (χ0n) is 15.9. The molecule has 0 spiro atoms. The molecule has 0 aliphatic carbocycles. The number of hydrogen-bond acceptors (Lipinski definition) is 6. The van der Waals surface area contributed by atoms with Crippen LogP contribution < -0.4 is 5.32 Å². The third-order valence-corrected chi connectivity index (χ3v) is 6.22. The molecule has 1 saturated heterocycles. The molecular formula is C20H25N3O4S. The molecule has 1 aliphatic rings. The molecule has 2 aromatic rings. The molecule has 0 aromatic heterocycles. The second kappa shape index (κ2) is 8.70. The van der Waals surface area contributed by atoms with E-state index in [-0.39, 0.29) is 16.6 Å². The van der Waals surface area contributed by atoms with Crippen molar-refractivity contribution in [2.45, 2.75) is 36.7 Å². The third kappa shape index (κ3) is 5.08. The molecular weight excluding hydrogens is 378 g/mol. The van der Waals surface area contributed by atoms with Crippen molar-refractivity contribution in [1.82, 2.24) is 4.90 Å². The Labute approximate surface area is 165 Å². The number of sulfone groups is 1. The second-order valence-electron chi connectivity index (χ2n) is 7.20. The van der Waals surface area contributed by atoms with Crippen molar-refractivity contribution in [3.63, 3.8) is 0 Å². The number of likely N-dealkylation sites (tertiary alicyclic amines) is 1. The molecule has 0 bridgehead atoms. The zero-order valence-corrected chi connectivity index (χ0v) is 16.7. The van der Waals surface area contributed by atoms with Crippen LogP contribution in [0, 0.1) is 10.1 Å². The van der Waals surface area contributed by atoms with Gasteiger partial charge in [0.15, 0.2) is 9.84 Å². The lowest BCUT2D eigenvalue weighted by Gasteiger charge is -2.36. The minimum Gasteiger partial charge on any atom is -0.382 e. The van der Waals surface area contributed by atoms with Gasteiger partial charge in [-0.3, -0.25) is 15.0 Å². The first-order valence-electron chi connectivity index (χ1n) is 9.35. The van der Waals surface area contributed by atoms with E-state index in [1.54, 1.807) is 0 Å². The topological polar surface area (TPSA) is 92.5 Å². The summed E-state index contributed by atoms with van der Waals surface area (Å²) >= 11 is 0. The number of piperidine rings is 1. The molecule has 0 radical (unpaired) electrons. The standard InChI is InChI=1S/C20H25N3O4S/c1-28(26,27)20-13-17(23(24)25)10-11-19(20)21-14-18-9-5-6-12-22(18)15-16-7-3-2-4-8-16/h2-4,7-8,10-11,13,18,21H,5-6,9,12,14-15H2,1H3. The minimum atomic E-state index is -3.59. The van der Waals surface area contributed by atoms with Gasteiger partial charge in [-0.25, -0.2) is 8.42 Å². The number of nitrogens with one attached hydrogen (secondary N) is 1. The van der Waals surface area contributed by atoms with Gasteiger partial charge in [0.1, 0.15) is 0 Å². The smallest absolute Gasteiger partial charge is 0.270 e. The van der Waals surface area contributed by atoms with Crippen LogP contribution in [0.15, 0.2) is 53.4 Å². The largest absolute Gasteiger partial charge is 0.382 e. The van der Waals surface area contributed by atoms with Crippen molar-refractivity contribution in [2.75, 3.05) is 24.7 Å². The summed E-state index contributed by atoms with van der Waals surface area (Å²) in [5.74, 6) is 0. The highest BCUT2D eigenvalue weighted by Crippen LogP contribution is 2.27.